The molecule has 1 saturated heterocycles. The van der Waals surface area contributed by atoms with Crippen LogP contribution in [0.4, 0.5) is 0 Å². The van der Waals surface area contributed by atoms with E-state index in [0.717, 1.165) is 29.3 Å². The Kier molecular flexibility index (Phi) is 4.66. The van der Waals surface area contributed by atoms with Gasteiger partial charge in [0.25, 0.3) is 5.91 Å². The van der Waals surface area contributed by atoms with E-state index in [4.69, 9.17) is 0 Å². The van der Waals surface area contributed by atoms with Gasteiger partial charge in [-0.1, -0.05) is 37.3 Å². The summed E-state index contributed by atoms with van der Waals surface area (Å²) >= 11 is 0. The van der Waals surface area contributed by atoms with Gasteiger partial charge in [0.2, 0.25) is 5.91 Å². The number of nitrogens with one attached hydrogen (secondary N) is 2. The van der Waals surface area contributed by atoms with Crippen molar-refractivity contribution in [3.63, 3.8) is 0 Å². The van der Waals surface area contributed by atoms with Crippen LogP contribution in [0.2, 0.25) is 0 Å². The molecular formula is C20H26N4O2. The third-order valence-corrected chi connectivity index (χ3v) is 5.69. The maximum atomic E-state index is 12.7. The number of nitrogens with zero attached hydrogens (tertiary/aromatic N) is 2. The first kappa shape index (κ1) is 17.1. The van der Waals surface area contributed by atoms with Gasteiger partial charge in [0.05, 0.1) is 11.6 Å². The first-order valence-corrected chi connectivity index (χ1v) is 9.67. The molecule has 0 bridgehead atoms. The first-order chi connectivity index (χ1) is 12.6. The summed E-state index contributed by atoms with van der Waals surface area (Å²) in [5, 5.41) is 10.9. The zero-order valence-electron chi connectivity index (χ0n) is 15.3. The van der Waals surface area contributed by atoms with Gasteiger partial charge in [-0.05, 0) is 31.9 Å². The van der Waals surface area contributed by atoms with E-state index < -0.39 is 0 Å². The normalized spacial score (nSPS) is 22.0. The Labute approximate surface area is 153 Å². The number of aromatic amines is 1. The number of H-pyrrole nitrogens is 1. The van der Waals surface area contributed by atoms with E-state index in [1.807, 2.05) is 30.0 Å². The molecular weight excluding hydrogens is 328 g/mol. The molecule has 1 atom stereocenters. The third-order valence-electron chi connectivity index (χ3n) is 5.69. The number of hydrogen-bond donors (Lipinski definition) is 2. The highest BCUT2D eigenvalue weighted by Gasteiger charge is 2.35. The molecule has 1 aromatic carbocycles. The zero-order valence-corrected chi connectivity index (χ0v) is 15.3. The Bertz CT molecular complexity index is 820. The maximum Gasteiger partial charge on any atom is 0.272 e. The molecule has 2 amide bonds. The number of likely N-dealkylation sites (tertiary alicyclic amines) is 1. The topological polar surface area (TPSA) is 78.1 Å². The van der Waals surface area contributed by atoms with Crippen molar-refractivity contribution < 1.29 is 9.59 Å². The fraction of sp³-hybridized carbons (Fsp3) is 0.550. The summed E-state index contributed by atoms with van der Waals surface area (Å²) < 4.78 is 0. The van der Waals surface area contributed by atoms with Gasteiger partial charge in [0.15, 0.2) is 5.69 Å². The van der Waals surface area contributed by atoms with E-state index in [9.17, 15) is 9.59 Å². The molecule has 6 nitrogen and oxygen atoms in total. The largest absolute Gasteiger partial charge is 0.346 e. The predicted molar refractivity (Wildman–Crippen MR) is 99.9 cm³/mol. The second-order valence-electron chi connectivity index (χ2n) is 7.69. The van der Waals surface area contributed by atoms with Crippen molar-refractivity contribution in [3.8, 4) is 0 Å². The molecule has 0 spiro atoms. The Morgan fingerprint density at radius 1 is 1.23 bits per heavy atom. The quantitative estimate of drug-likeness (QED) is 0.832. The smallest absolute Gasteiger partial charge is 0.272 e. The van der Waals surface area contributed by atoms with Crippen molar-refractivity contribution in [2.45, 2.75) is 64.0 Å². The summed E-state index contributed by atoms with van der Waals surface area (Å²) in [5.74, 6) is -0.0349. The fourth-order valence-corrected chi connectivity index (χ4v) is 4.31. The Morgan fingerprint density at radius 3 is 2.77 bits per heavy atom. The van der Waals surface area contributed by atoms with Crippen LogP contribution in [0.15, 0.2) is 18.2 Å². The standard InChI is InChI=1S/C20H26N4O2/c1-13-8-9-17-16(10-13)19(23-22-17)20(26)21-14-11-18(25)24(12-14)15-6-4-2-3-5-7-15/h8-10,14-15H,2-7,11-12H2,1H3,(H,21,26)(H,22,23)/t14-/m0/s1. The molecule has 2 aliphatic rings. The van der Waals surface area contributed by atoms with E-state index in [2.05, 4.69) is 15.5 Å². The molecule has 0 unspecified atom stereocenters. The number of carbonyl (C=O) groups excluding carboxylic acids is 2. The number of carbonyl (C=O) groups is 2. The van der Waals surface area contributed by atoms with Gasteiger partial charge in [-0.25, -0.2) is 0 Å². The molecule has 4 rings (SSSR count). The molecule has 1 aliphatic heterocycles. The molecule has 1 saturated carbocycles. The Morgan fingerprint density at radius 2 is 2.00 bits per heavy atom. The molecule has 2 N–H and O–H groups in total. The van der Waals surface area contributed by atoms with Crippen LogP contribution in [-0.4, -0.2) is 45.5 Å². The van der Waals surface area contributed by atoms with Crippen molar-refractivity contribution in [1.82, 2.24) is 20.4 Å². The van der Waals surface area contributed by atoms with Gasteiger partial charge >= 0.3 is 0 Å². The lowest BCUT2D eigenvalue weighted by molar-refractivity contribution is -0.129. The van der Waals surface area contributed by atoms with Crippen LogP contribution in [-0.2, 0) is 4.79 Å². The number of amides is 2. The minimum Gasteiger partial charge on any atom is -0.346 e. The van der Waals surface area contributed by atoms with Gasteiger partial charge in [0.1, 0.15) is 0 Å². The fourth-order valence-electron chi connectivity index (χ4n) is 4.31. The summed E-state index contributed by atoms with van der Waals surface area (Å²) in [6.45, 7) is 2.62. The third kappa shape index (κ3) is 3.32. The first-order valence-electron chi connectivity index (χ1n) is 9.67. The summed E-state index contributed by atoms with van der Waals surface area (Å²) in [4.78, 5) is 27.2. The van der Waals surface area contributed by atoms with Gasteiger partial charge in [-0.15, -0.1) is 0 Å². The van der Waals surface area contributed by atoms with Crippen LogP contribution < -0.4 is 5.32 Å². The van der Waals surface area contributed by atoms with Crippen molar-refractivity contribution in [3.05, 3.63) is 29.5 Å². The molecule has 0 radical (unpaired) electrons. The molecule has 1 aromatic heterocycles. The predicted octanol–water partition coefficient (Wildman–Crippen LogP) is 2.92. The van der Waals surface area contributed by atoms with Crippen LogP contribution in [0.1, 0.15) is 61.0 Å². The van der Waals surface area contributed by atoms with Gasteiger partial charge in [-0.2, -0.15) is 5.10 Å². The van der Waals surface area contributed by atoms with Crippen LogP contribution in [0.5, 0.6) is 0 Å². The molecule has 2 aromatic rings. The van der Waals surface area contributed by atoms with E-state index >= 15 is 0 Å². The zero-order chi connectivity index (χ0) is 18.1. The monoisotopic (exact) mass is 354 g/mol. The Hall–Kier alpha value is -2.37. The van der Waals surface area contributed by atoms with Crippen LogP contribution in [0, 0.1) is 6.92 Å². The SMILES string of the molecule is Cc1ccc2[nH]nc(C(=O)N[C@H]3CC(=O)N(C4CCCCCC4)C3)c2c1. The molecule has 26 heavy (non-hydrogen) atoms. The number of fused-ring (bicyclic) bond motifs is 1. The molecule has 6 heteroatoms. The van der Waals surface area contributed by atoms with E-state index in [1.165, 1.54) is 25.7 Å². The summed E-state index contributed by atoms with van der Waals surface area (Å²) in [7, 11) is 0. The second kappa shape index (κ2) is 7.09. The van der Waals surface area contributed by atoms with Crippen molar-refractivity contribution in [2.24, 2.45) is 0 Å². The van der Waals surface area contributed by atoms with Crippen molar-refractivity contribution in [2.75, 3.05) is 6.54 Å². The van der Waals surface area contributed by atoms with Crippen molar-refractivity contribution in [1.29, 1.82) is 0 Å². The van der Waals surface area contributed by atoms with E-state index in [-0.39, 0.29) is 17.9 Å². The lowest BCUT2D eigenvalue weighted by Gasteiger charge is -2.27. The average Bonchev–Trinajstić information content (AvgIpc) is 3.07. The average molecular weight is 354 g/mol. The van der Waals surface area contributed by atoms with Crippen LogP contribution >= 0.6 is 0 Å². The Balaban J connectivity index is 1.44. The summed E-state index contributed by atoms with van der Waals surface area (Å²) in [5.41, 5.74) is 2.34. The van der Waals surface area contributed by atoms with E-state index in [0.29, 0.717) is 24.7 Å². The van der Waals surface area contributed by atoms with Crippen molar-refractivity contribution >= 4 is 22.7 Å². The minimum absolute atomic E-state index is 0.130. The number of aryl methyl sites for hydroxylation is 1. The van der Waals surface area contributed by atoms with Crippen LogP contribution in [0.3, 0.4) is 0 Å². The highest BCUT2D eigenvalue weighted by atomic mass is 16.2. The van der Waals surface area contributed by atoms with Gasteiger partial charge in [-0.3, -0.25) is 14.7 Å². The molecule has 2 heterocycles. The highest BCUT2D eigenvalue weighted by molar-refractivity contribution is 6.05. The lowest BCUT2D eigenvalue weighted by Crippen LogP contribution is -2.40. The molecule has 1 aliphatic carbocycles. The number of hydrogen-bond acceptors (Lipinski definition) is 3. The number of benzene rings is 1. The second-order valence-corrected chi connectivity index (χ2v) is 7.69. The highest BCUT2D eigenvalue weighted by Crippen LogP contribution is 2.26. The summed E-state index contributed by atoms with van der Waals surface area (Å²) in [6.07, 6.45) is 7.51. The maximum absolute atomic E-state index is 12.7. The van der Waals surface area contributed by atoms with E-state index in [1.54, 1.807) is 0 Å². The van der Waals surface area contributed by atoms with Gasteiger partial charge in [0, 0.05) is 24.4 Å². The van der Waals surface area contributed by atoms with Crippen LogP contribution in [0.25, 0.3) is 10.9 Å². The van der Waals surface area contributed by atoms with Gasteiger partial charge < -0.3 is 10.2 Å². The number of aromatic nitrogens is 2. The minimum atomic E-state index is -0.206. The lowest BCUT2D eigenvalue weighted by atomic mass is 10.1. The summed E-state index contributed by atoms with van der Waals surface area (Å²) in [6, 6.07) is 6.10. The molecule has 138 valence electrons. The molecule has 2 fully saturated rings. The number of rotatable bonds is 3.